The maximum absolute atomic E-state index is 11.2. The largest absolute Gasteiger partial charge is 0.359 e. The molecule has 0 aromatic heterocycles. The molecule has 1 rings (SSSR count). The molecule has 0 spiro atoms. The number of sulfonamides is 1. The monoisotopic (exact) mass is 279 g/mol. The van der Waals surface area contributed by atoms with Gasteiger partial charge in [-0.25, -0.2) is 13.1 Å². The van der Waals surface area contributed by atoms with Gasteiger partial charge in [0.15, 0.2) is 5.17 Å². The van der Waals surface area contributed by atoms with E-state index in [1.165, 1.54) is 0 Å². The van der Waals surface area contributed by atoms with Crippen molar-refractivity contribution >= 4 is 27.0 Å². The van der Waals surface area contributed by atoms with E-state index in [1.807, 2.05) is 13.8 Å². The second-order valence-corrected chi connectivity index (χ2v) is 8.39. The van der Waals surface area contributed by atoms with Crippen LogP contribution in [0.2, 0.25) is 0 Å². The highest BCUT2D eigenvalue weighted by atomic mass is 32.2. The van der Waals surface area contributed by atoms with Crippen molar-refractivity contribution in [2.45, 2.75) is 38.8 Å². The summed E-state index contributed by atoms with van der Waals surface area (Å²) in [6.45, 7) is 8.29. The average Bonchev–Trinajstić information content (AvgIpc) is 2.38. The molecule has 1 heterocycles. The van der Waals surface area contributed by atoms with E-state index in [9.17, 15) is 8.42 Å². The van der Waals surface area contributed by atoms with Crippen LogP contribution in [0.3, 0.4) is 0 Å². The van der Waals surface area contributed by atoms with Crippen LogP contribution in [0.5, 0.6) is 0 Å². The Kier molecular flexibility index (Phi) is 4.16. The zero-order valence-corrected chi connectivity index (χ0v) is 12.6. The van der Waals surface area contributed by atoms with Gasteiger partial charge in [-0.1, -0.05) is 11.8 Å². The Morgan fingerprint density at radius 1 is 1.53 bits per heavy atom. The van der Waals surface area contributed by atoms with E-state index >= 15 is 0 Å². The minimum Gasteiger partial charge on any atom is -0.359 e. The fraction of sp³-hybridized carbons (Fsp3) is 0.900. The Bertz CT molecular complexity index is 413. The van der Waals surface area contributed by atoms with E-state index in [0.29, 0.717) is 6.54 Å². The van der Waals surface area contributed by atoms with Crippen LogP contribution < -0.4 is 10.0 Å². The van der Waals surface area contributed by atoms with Crippen molar-refractivity contribution in [1.29, 1.82) is 0 Å². The summed E-state index contributed by atoms with van der Waals surface area (Å²) >= 11 is 1.67. The molecule has 0 saturated carbocycles. The maximum atomic E-state index is 11.2. The van der Waals surface area contributed by atoms with Crippen LogP contribution in [0.4, 0.5) is 0 Å². The van der Waals surface area contributed by atoms with Crippen molar-refractivity contribution in [3.8, 4) is 0 Å². The lowest BCUT2D eigenvalue weighted by atomic mass is 10.1. The summed E-state index contributed by atoms with van der Waals surface area (Å²) in [7, 11) is -3.20. The fourth-order valence-electron chi connectivity index (χ4n) is 1.50. The molecule has 0 radical (unpaired) electrons. The minimum atomic E-state index is -3.20. The molecule has 0 atom stereocenters. The smallest absolute Gasteiger partial charge is 0.209 e. The van der Waals surface area contributed by atoms with Crippen molar-refractivity contribution in [1.82, 2.24) is 10.0 Å². The molecule has 100 valence electrons. The van der Waals surface area contributed by atoms with Gasteiger partial charge in [0, 0.05) is 16.8 Å². The number of hydrogen-bond donors (Lipinski definition) is 2. The SMILES string of the molecule is CC1(C)CSC(=NCC(C)(C)NS(C)(=O)=O)N1. The van der Waals surface area contributed by atoms with Crippen molar-refractivity contribution in [2.24, 2.45) is 4.99 Å². The Hall–Kier alpha value is -0.270. The van der Waals surface area contributed by atoms with E-state index in [1.54, 1.807) is 11.8 Å². The first kappa shape index (κ1) is 14.8. The van der Waals surface area contributed by atoms with Crippen LogP contribution in [0, 0.1) is 0 Å². The molecule has 1 saturated heterocycles. The molecule has 0 aromatic carbocycles. The summed E-state index contributed by atoms with van der Waals surface area (Å²) in [5.41, 5.74) is -0.493. The number of rotatable bonds is 4. The fourth-order valence-corrected chi connectivity index (χ4v) is 3.64. The summed E-state index contributed by atoms with van der Waals surface area (Å²) in [5.74, 6) is 0.978. The zero-order valence-electron chi connectivity index (χ0n) is 11.0. The summed E-state index contributed by atoms with van der Waals surface area (Å²) in [5, 5.41) is 4.19. The first-order chi connectivity index (χ1) is 7.49. The summed E-state index contributed by atoms with van der Waals surface area (Å²) in [6.07, 6.45) is 1.16. The average molecular weight is 279 g/mol. The lowest BCUT2D eigenvalue weighted by molar-refractivity contribution is 0.464. The van der Waals surface area contributed by atoms with Crippen LogP contribution in [0.1, 0.15) is 27.7 Å². The van der Waals surface area contributed by atoms with Gasteiger partial charge in [-0.2, -0.15) is 0 Å². The standard InChI is InChI=1S/C10H21N3O2S2/c1-9(2,13-17(5,14)15)6-11-8-12-10(3,4)7-16-8/h13H,6-7H2,1-5H3,(H,11,12). The highest BCUT2D eigenvalue weighted by Crippen LogP contribution is 2.22. The second-order valence-electron chi connectivity index (χ2n) is 5.68. The highest BCUT2D eigenvalue weighted by Gasteiger charge is 2.28. The van der Waals surface area contributed by atoms with Crippen molar-refractivity contribution in [3.63, 3.8) is 0 Å². The predicted molar refractivity (Wildman–Crippen MR) is 74.0 cm³/mol. The van der Waals surface area contributed by atoms with Gasteiger partial charge in [-0.3, -0.25) is 4.99 Å². The van der Waals surface area contributed by atoms with Gasteiger partial charge in [-0.05, 0) is 27.7 Å². The maximum Gasteiger partial charge on any atom is 0.209 e. The third-order valence-electron chi connectivity index (χ3n) is 2.09. The molecule has 1 aliphatic rings. The topological polar surface area (TPSA) is 70.6 Å². The molecular formula is C10H21N3O2S2. The molecule has 17 heavy (non-hydrogen) atoms. The van der Waals surface area contributed by atoms with E-state index < -0.39 is 15.6 Å². The number of nitrogens with zero attached hydrogens (tertiary/aromatic N) is 1. The number of nitrogens with one attached hydrogen (secondary N) is 2. The van der Waals surface area contributed by atoms with E-state index in [-0.39, 0.29) is 5.54 Å². The van der Waals surface area contributed by atoms with Crippen LogP contribution >= 0.6 is 11.8 Å². The van der Waals surface area contributed by atoms with E-state index in [4.69, 9.17) is 0 Å². The van der Waals surface area contributed by atoms with E-state index in [2.05, 4.69) is 28.9 Å². The summed E-state index contributed by atoms with van der Waals surface area (Å²) < 4.78 is 24.9. The molecule has 0 unspecified atom stereocenters. The Labute approximate surface area is 108 Å². The third-order valence-corrected chi connectivity index (χ3v) is 4.39. The molecule has 1 fully saturated rings. The lowest BCUT2D eigenvalue weighted by Gasteiger charge is -2.23. The Morgan fingerprint density at radius 2 is 2.12 bits per heavy atom. The lowest BCUT2D eigenvalue weighted by Crippen LogP contribution is -2.45. The number of thioether (sulfide) groups is 1. The first-order valence-corrected chi connectivity index (χ1v) is 8.31. The number of hydrogen-bond acceptors (Lipinski definition) is 4. The quantitative estimate of drug-likeness (QED) is 0.798. The number of aliphatic imine (C=N–C) groups is 1. The molecule has 1 aliphatic heterocycles. The zero-order chi connectivity index (χ0) is 13.3. The van der Waals surface area contributed by atoms with Crippen LogP contribution in [0.15, 0.2) is 4.99 Å². The molecule has 5 nitrogen and oxygen atoms in total. The molecule has 0 amide bonds. The molecule has 0 bridgehead atoms. The van der Waals surface area contributed by atoms with Crippen LogP contribution in [0.25, 0.3) is 0 Å². The van der Waals surface area contributed by atoms with E-state index in [0.717, 1.165) is 17.2 Å². The molecule has 0 aliphatic carbocycles. The molecule has 0 aromatic rings. The van der Waals surface area contributed by atoms with Crippen LogP contribution in [-0.2, 0) is 10.0 Å². The minimum absolute atomic E-state index is 0.0674. The molecule has 7 heteroatoms. The Balaban J connectivity index is 2.58. The van der Waals surface area contributed by atoms with Crippen LogP contribution in [-0.4, -0.2) is 43.2 Å². The van der Waals surface area contributed by atoms with Gasteiger partial charge in [-0.15, -0.1) is 0 Å². The Morgan fingerprint density at radius 3 is 2.53 bits per heavy atom. The predicted octanol–water partition coefficient (Wildman–Crippen LogP) is 0.785. The van der Waals surface area contributed by atoms with Gasteiger partial charge in [0.2, 0.25) is 10.0 Å². The van der Waals surface area contributed by atoms with Gasteiger partial charge in [0.1, 0.15) is 0 Å². The molecular weight excluding hydrogens is 258 g/mol. The highest BCUT2D eigenvalue weighted by molar-refractivity contribution is 8.14. The molecule has 2 N–H and O–H groups in total. The van der Waals surface area contributed by atoms with Gasteiger partial charge >= 0.3 is 0 Å². The van der Waals surface area contributed by atoms with Crippen molar-refractivity contribution < 1.29 is 8.42 Å². The summed E-state index contributed by atoms with van der Waals surface area (Å²) in [6, 6.07) is 0. The van der Waals surface area contributed by atoms with Crippen molar-refractivity contribution in [2.75, 3.05) is 18.6 Å². The number of amidine groups is 1. The third kappa shape index (κ3) is 5.74. The second kappa shape index (κ2) is 4.78. The van der Waals surface area contributed by atoms with Gasteiger partial charge in [0.25, 0.3) is 0 Å². The van der Waals surface area contributed by atoms with Gasteiger partial charge in [0.05, 0.1) is 12.8 Å². The first-order valence-electron chi connectivity index (χ1n) is 5.44. The van der Waals surface area contributed by atoms with Crippen molar-refractivity contribution in [3.05, 3.63) is 0 Å². The summed E-state index contributed by atoms with van der Waals surface area (Å²) in [4.78, 5) is 4.42. The van der Waals surface area contributed by atoms with Gasteiger partial charge < -0.3 is 5.32 Å². The normalized spacial score (nSPS) is 22.8.